The molecule has 1 aromatic rings. The van der Waals surface area contributed by atoms with Crippen LogP contribution in [0.15, 0.2) is 15.0 Å². The van der Waals surface area contributed by atoms with Gasteiger partial charge in [-0.15, -0.1) is 0 Å². The molecule has 5 heteroatoms. The van der Waals surface area contributed by atoms with Gasteiger partial charge in [-0.2, -0.15) is 5.26 Å². The van der Waals surface area contributed by atoms with E-state index in [9.17, 15) is 8.78 Å². The molecule has 0 aliphatic carbocycles. The molecule has 0 N–H and O–H groups in total. The fraction of sp³-hybridized carbons (Fsp3) is 0.125. The summed E-state index contributed by atoms with van der Waals surface area (Å²) in [6.07, 6.45) is -0.0458. The molecule has 0 heterocycles. The van der Waals surface area contributed by atoms with Crippen LogP contribution in [0.2, 0.25) is 0 Å². The first-order valence-electron chi connectivity index (χ1n) is 3.26. The molecule has 0 amide bonds. The SMILES string of the molecule is N#CCc1c(Br)c(F)cc(F)c1Br. The Hall–Kier alpha value is -0.470. The van der Waals surface area contributed by atoms with Gasteiger partial charge in [-0.05, 0) is 31.9 Å². The van der Waals surface area contributed by atoms with Gasteiger partial charge >= 0.3 is 0 Å². The van der Waals surface area contributed by atoms with Gasteiger partial charge in [-0.3, -0.25) is 0 Å². The first kappa shape index (κ1) is 10.6. The van der Waals surface area contributed by atoms with Crippen LogP contribution < -0.4 is 0 Å². The van der Waals surface area contributed by atoms with Crippen molar-refractivity contribution in [3.8, 4) is 6.07 Å². The molecule has 0 aliphatic heterocycles. The second-order valence-electron chi connectivity index (χ2n) is 2.28. The molecule has 0 saturated heterocycles. The van der Waals surface area contributed by atoms with Gasteiger partial charge in [0.2, 0.25) is 0 Å². The van der Waals surface area contributed by atoms with Crippen molar-refractivity contribution >= 4 is 31.9 Å². The lowest BCUT2D eigenvalue weighted by atomic mass is 10.1. The Morgan fingerprint density at radius 1 is 1.23 bits per heavy atom. The lowest BCUT2D eigenvalue weighted by Gasteiger charge is -2.05. The molecule has 0 bridgehead atoms. The molecule has 68 valence electrons. The van der Waals surface area contributed by atoms with E-state index in [2.05, 4.69) is 31.9 Å². The largest absolute Gasteiger partial charge is 0.206 e. The molecule has 1 aromatic carbocycles. The summed E-state index contributed by atoms with van der Waals surface area (Å²) in [6, 6.07) is 2.59. The van der Waals surface area contributed by atoms with Crippen molar-refractivity contribution in [1.82, 2.24) is 0 Å². The lowest BCUT2D eigenvalue weighted by molar-refractivity contribution is 0.571. The minimum Gasteiger partial charge on any atom is -0.206 e. The van der Waals surface area contributed by atoms with Gasteiger partial charge in [0.1, 0.15) is 11.6 Å². The van der Waals surface area contributed by atoms with Crippen molar-refractivity contribution in [1.29, 1.82) is 5.26 Å². The highest BCUT2D eigenvalue weighted by molar-refractivity contribution is 9.11. The van der Waals surface area contributed by atoms with Crippen molar-refractivity contribution in [3.05, 3.63) is 32.2 Å². The highest BCUT2D eigenvalue weighted by atomic mass is 79.9. The predicted molar refractivity (Wildman–Crippen MR) is 51.1 cm³/mol. The number of benzene rings is 1. The topological polar surface area (TPSA) is 23.8 Å². The molecule has 0 spiro atoms. The van der Waals surface area contributed by atoms with Gasteiger partial charge in [-0.25, -0.2) is 8.78 Å². The molecule has 0 radical (unpaired) electrons. The molecular weight excluding hydrogens is 308 g/mol. The Kier molecular flexibility index (Phi) is 3.40. The number of rotatable bonds is 1. The highest BCUT2D eigenvalue weighted by Gasteiger charge is 2.14. The van der Waals surface area contributed by atoms with Crippen LogP contribution in [0, 0.1) is 23.0 Å². The van der Waals surface area contributed by atoms with E-state index in [1.165, 1.54) is 0 Å². The number of hydrogen-bond donors (Lipinski definition) is 0. The normalized spacial score (nSPS) is 9.77. The molecule has 0 aromatic heterocycles. The van der Waals surface area contributed by atoms with Crippen molar-refractivity contribution in [2.75, 3.05) is 0 Å². The Balaban J connectivity index is 3.39. The summed E-state index contributed by atoms with van der Waals surface area (Å²) in [5, 5.41) is 8.41. The van der Waals surface area contributed by atoms with E-state index in [4.69, 9.17) is 5.26 Å². The summed E-state index contributed by atoms with van der Waals surface area (Å²) < 4.78 is 26.1. The Bertz CT molecular complexity index is 358. The highest BCUT2D eigenvalue weighted by Crippen LogP contribution is 2.30. The number of hydrogen-bond acceptors (Lipinski definition) is 1. The van der Waals surface area contributed by atoms with Crippen LogP contribution in [0.4, 0.5) is 8.78 Å². The maximum absolute atomic E-state index is 12.9. The van der Waals surface area contributed by atoms with Crippen LogP contribution in [0.1, 0.15) is 5.56 Å². The van der Waals surface area contributed by atoms with Crippen LogP contribution in [-0.2, 0) is 6.42 Å². The Morgan fingerprint density at radius 2 is 1.69 bits per heavy atom. The predicted octanol–water partition coefficient (Wildman–Crippen LogP) is 3.56. The van der Waals surface area contributed by atoms with Gasteiger partial charge in [0, 0.05) is 11.6 Å². The van der Waals surface area contributed by atoms with Crippen LogP contribution in [0.3, 0.4) is 0 Å². The van der Waals surface area contributed by atoms with E-state index in [1.807, 2.05) is 6.07 Å². The molecule has 0 unspecified atom stereocenters. The van der Waals surface area contributed by atoms with Gasteiger partial charge < -0.3 is 0 Å². The van der Waals surface area contributed by atoms with Crippen LogP contribution in [-0.4, -0.2) is 0 Å². The third-order valence-corrected chi connectivity index (χ3v) is 3.17. The maximum atomic E-state index is 12.9. The number of halogens is 4. The summed E-state index contributed by atoms with van der Waals surface area (Å²) in [5.74, 6) is -1.41. The Labute approximate surface area is 90.6 Å². The number of nitrogens with zero attached hydrogens (tertiary/aromatic N) is 1. The summed E-state index contributed by atoms with van der Waals surface area (Å²) in [7, 11) is 0. The Morgan fingerprint density at radius 3 is 2.08 bits per heavy atom. The van der Waals surface area contributed by atoms with Crippen molar-refractivity contribution in [2.45, 2.75) is 6.42 Å². The second-order valence-corrected chi connectivity index (χ2v) is 3.87. The zero-order valence-corrected chi connectivity index (χ0v) is 9.42. The van der Waals surface area contributed by atoms with Crippen LogP contribution >= 0.6 is 31.9 Å². The molecule has 13 heavy (non-hydrogen) atoms. The lowest BCUT2D eigenvalue weighted by Crippen LogP contribution is -1.94. The number of nitriles is 1. The molecule has 0 aliphatic rings. The van der Waals surface area contributed by atoms with E-state index in [0.717, 1.165) is 6.07 Å². The molecule has 0 saturated carbocycles. The molecule has 1 nitrogen and oxygen atoms in total. The van der Waals surface area contributed by atoms with Gasteiger partial charge in [0.05, 0.1) is 21.4 Å². The fourth-order valence-electron chi connectivity index (χ4n) is 0.857. The van der Waals surface area contributed by atoms with E-state index in [1.54, 1.807) is 0 Å². The van der Waals surface area contributed by atoms with E-state index in [-0.39, 0.29) is 15.4 Å². The summed E-state index contributed by atoms with van der Waals surface area (Å²) >= 11 is 5.89. The first-order valence-corrected chi connectivity index (χ1v) is 4.85. The van der Waals surface area contributed by atoms with Gasteiger partial charge in [-0.1, -0.05) is 0 Å². The zero-order valence-electron chi connectivity index (χ0n) is 6.24. The third-order valence-electron chi connectivity index (χ3n) is 1.46. The summed E-state index contributed by atoms with van der Waals surface area (Å²) in [5.41, 5.74) is 0.292. The van der Waals surface area contributed by atoms with Crippen molar-refractivity contribution < 1.29 is 8.78 Å². The third kappa shape index (κ3) is 2.06. The average molecular weight is 311 g/mol. The quantitative estimate of drug-likeness (QED) is 0.728. The summed E-state index contributed by atoms with van der Waals surface area (Å²) in [6.45, 7) is 0. The van der Waals surface area contributed by atoms with E-state index in [0.29, 0.717) is 5.56 Å². The standard InChI is InChI=1S/C8H3Br2F2N/c9-7-4(1-2-13)8(10)6(12)3-5(7)11/h3H,1H2. The second kappa shape index (κ2) is 4.16. The molecule has 0 fully saturated rings. The van der Waals surface area contributed by atoms with Gasteiger partial charge in [0.25, 0.3) is 0 Å². The first-order chi connectivity index (χ1) is 6.07. The average Bonchev–Trinajstić information content (AvgIpc) is 2.09. The minimum atomic E-state index is -0.703. The molecular formula is C8H3Br2F2N. The fourth-order valence-corrected chi connectivity index (χ4v) is 2.03. The van der Waals surface area contributed by atoms with Crippen molar-refractivity contribution in [3.63, 3.8) is 0 Å². The van der Waals surface area contributed by atoms with Crippen LogP contribution in [0.25, 0.3) is 0 Å². The zero-order chi connectivity index (χ0) is 10.0. The monoisotopic (exact) mass is 309 g/mol. The van der Waals surface area contributed by atoms with E-state index >= 15 is 0 Å². The minimum absolute atomic E-state index is 0.0458. The van der Waals surface area contributed by atoms with E-state index < -0.39 is 11.6 Å². The maximum Gasteiger partial charge on any atom is 0.140 e. The van der Waals surface area contributed by atoms with Gasteiger partial charge in [0.15, 0.2) is 0 Å². The smallest absolute Gasteiger partial charge is 0.140 e. The molecule has 0 atom stereocenters. The van der Waals surface area contributed by atoms with Crippen LogP contribution in [0.5, 0.6) is 0 Å². The molecule has 1 rings (SSSR count). The van der Waals surface area contributed by atoms with Crippen molar-refractivity contribution in [2.24, 2.45) is 0 Å². The summed E-state index contributed by atoms with van der Waals surface area (Å²) in [4.78, 5) is 0.